The van der Waals surface area contributed by atoms with E-state index in [0.717, 1.165) is 11.1 Å². The number of alkyl halides is 2. The van der Waals surface area contributed by atoms with Gasteiger partial charge in [0.1, 0.15) is 0 Å². The van der Waals surface area contributed by atoms with E-state index < -0.39 is 11.7 Å². The van der Waals surface area contributed by atoms with Gasteiger partial charge in [-0.25, -0.2) is 0 Å². The minimum Gasteiger partial charge on any atom is -0.338 e. The zero-order valence-electron chi connectivity index (χ0n) is 14.8. The number of para-hydroxylation sites is 1. The molecule has 1 aliphatic rings. The number of hydrogen-bond donors (Lipinski definition) is 1. The molecule has 0 radical (unpaired) electrons. The average molecular weight is 390 g/mol. The lowest BCUT2D eigenvalue weighted by Gasteiger charge is -2.17. The summed E-state index contributed by atoms with van der Waals surface area (Å²) in [5.41, 5.74) is 2.50. The van der Waals surface area contributed by atoms with E-state index in [-0.39, 0.29) is 18.2 Å². The van der Waals surface area contributed by atoms with Crippen molar-refractivity contribution >= 4 is 29.3 Å². The highest BCUT2D eigenvalue weighted by atomic mass is 32.2. The number of amides is 2. The molecule has 1 saturated heterocycles. The van der Waals surface area contributed by atoms with Gasteiger partial charge in [0.25, 0.3) is 5.76 Å². The summed E-state index contributed by atoms with van der Waals surface area (Å²) >= 11 is 0.388. The minimum absolute atomic E-state index is 0.0778. The number of rotatable bonds is 6. The number of nitrogens with zero attached hydrogens (tertiary/aromatic N) is 1. The van der Waals surface area contributed by atoms with Gasteiger partial charge in [-0.3, -0.25) is 9.59 Å². The molecule has 0 spiro atoms. The van der Waals surface area contributed by atoms with Crippen molar-refractivity contribution in [3.63, 3.8) is 0 Å². The zero-order chi connectivity index (χ0) is 19.4. The Labute approximate surface area is 160 Å². The highest BCUT2D eigenvalue weighted by molar-refractivity contribution is 7.99. The van der Waals surface area contributed by atoms with Crippen molar-refractivity contribution in [2.75, 3.05) is 11.9 Å². The van der Waals surface area contributed by atoms with Crippen molar-refractivity contribution in [2.45, 2.75) is 30.5 Å². The summed E-state index contributed by atoms with van der Waals surface area (Å²) in [6.45, 7) is 2.78. The van der Waals surface area contributed by atoms with Crippen LogP contribution in [0.4, 0.5) is 14.5 Å². The van der Waals surface area contributed by atoms with Gasteiger partial charge in [-0.15, -0.1) is 0 Å². The lowest BCUT2D eigenvalue weighted by atomic mass is 10.1. The maximum atomic E-state index is 12.7. The molecule has 3 rings (SSSR count). The summed E-state index contributed by atoms with van der Waals surface area (Å²) in [5, 5.41) is 2.70. The SMILES string of the molecule is Cc1ccc(CN2CC(C(=O)Nc3ccccc3SC(F)F)CC2=O)cc1. The van der Waals surface area contributed by atoms with Crippen LogP contribution in [0, 0.1) is 12.8 Å². The third-order valence-electron chi connectivity index (χ3n) is 4.44. The molecule has 0 bridgehead atoms. The molecular formula is C20H20F2N2O2S. The van der Waals surface area contributed by atoms with Gasteiger partial charge in [-0.05, 0) is 24.6 Å². The van der Waals surface area contributed by atoms with Gasteiger partial charge in [0, 0.05) is 24.4 Å². The van der Waals surface area contributed by atoms with Crippen molar-refractivity contribution in [3.8, 4) is 0 Å². The van der Waals surface area contributed by atoms with Crippen molar-refractivity contribution in [3.05, 3.63) is 59.7 Å². The molecule has 7 heteroatoms. The van der Waals surface area contributed by atoms with Crippen LogP contribution in [-0.2, 0) is 16.1 Å². The number of carbonyl (C=O) groups is 2. The highest BCUT2D eigenvalue weighted by Gasteiger charge is 2.34. The molecular weight excluding hydrogens is 370 g/mol. The summed E-state index contributed by atoms with van der Waals surface area (Å²) in [6, 6.07) is 14.3. The molecule has 1 heterocycles. The molecule has 27 heavy (non-hydrogen) atoms. The van der Waals surface area contributed by atoms with Gasteiger partial charge in [-0.2, -0.15) is 8.78 Å². The third kappa shape index (κ3) is 5.07. The standard InChI is InChI=1S/C20H20F2N2O2S/c1-13-6-8-14(9-7-13)11-24-12-15(10-18(24)25)19(26)23-16-4-2-3-5-17(16)27-20(21)22/h2-9,15,20H,10-12H2,1H3,(H,23,26). The second-order valence-corrected chi connectivity index (χ2v) is 7.56. The van der Waals surface area contributed by atoms with E-state index in [1.165, 1.54) is 6.07 Å². The number of likely N-dealkylation sites (tertiary alicyclic amines) is 1. The van der Waals surface area contributed by atoms with Crippen molar-refractivity contribution in [1.82, 2.24) is 4.90 Å². The topological polar surface area (TPSA) is 49.4 Å². The van der Waals surface area contributed by atoms with Crippen LogP contribution in [0.25, 0.3) is 0 Å². The maximum Gasteiger partial charge on any atom is 0.288 e. The molecule has 142 valence electrons. The molecule has 0 saturated carbocycles. The van der Waals surface area contributed by atoms with E-state index in [2.05, 4.69) is 5.32 Å². The predicted molar refractivity (Wildman–Crippen MR) is 102 cm³/mol. The van der Waals surface area contributed by atoms with E-state index in [0.29, 0.717) is 35.4 Å². The molecule has 1 unspecified atom stereocenters. The summed E-state index contributed by atoms with van der Waals surface area (Å²) in [5.74, 6) is -3.46. The number of nitrogens with one attached hydrogen (secondary N) is 1. The second-order valence-electron chi connectivity index (χ2n) is 6.52. The van der Waals surface area contributed by atoms with Crippen LogP contribution in [0.5, 0.6) is 0 Å². The summed E-state index contributed by atoms with van der Waals surface area (Å²) in [7, 11) is 0. The number of thioether (sulfide) groups is 1. The van der Waals surface area contributed by atoms with Gasteiger partial charge < -0.3 is 10.2 Å². The van der Waals surface area contributed by atoms with Crippen molar-refractivity contribution < 1.29 is 18.4 Å². The Bertz CT molecular complexity index is 827. The van der Waals surface area contributed by atoms with Crippen LogP contribution < -0.4 is 5.32 Å². The van der Waals surface area contributed by atoms with Gasteiger partial charge >= 0.3 is 0 Å². The van der Waals surface area contributed by atoms with E-state index in [4.69, 9.17) is 0 Å². The van der Waals surface area contributed by atoms with E-state index >= 15 is 0 Å². The number of carbonyl (C=O) groups excluding carboxylic acids is 2. The minimum atomic E-state index is -2.57. The number of benzene rings is 2. The van der Waals surface area contributed by atoms with Crippen LogP contribution in [0.2, 0.25) is 0 Å². The summed E-state index contributed by atoms with van der Waals surface area (Å²) < 4.78 is 25.3. The Morgan fingerprint density at radius 1 is 1.22 bits per heavy atom. The van der Waals surface area contributed by atoms with Crippen molar-refractivity contribution in [2.24, 2.45) is 5.92 Å². The Hall–Kier alpha value is -2.41. The van der Waals surface area contributed by atoms with Gasteiger partial charge in [0.05, 0.1) is 11.6 Å². The lowest BCUT2D eigenvalue weighted by molar-refractivity contribution is -0.128. The number of halogens is 2. The first kappa shape index (κ1) is 19.4. The van der Waals surface area contributed by atoms with Gasteiger partial charge in [-0.1, -0.05) is 53.7 Å². The molecule has 0 aliphatic carbocycles. The average Bonchev–Trinajstić information content (AvgIpc) is 2.99. The predicted octanol–water partition coefficient (Wildman–Crippen LogP) is 4.30. The Kier molecular flexibility index (Phi) is 6.11. The van der Waals surface area contributed by atoms with Gasteiger partial charge in [0.2, 0.25) is 11.8 Å². The normalized spacial score (nSPS) is 16.8. The molecule has 2 aromatic rings. The van der Waals surface area contributed by atoms with Crippen LogP contribution in [-0.4, -0.2) is 29.0 Å². The van der Waals surface area contributed by atoms with E-state index in [1.54, 1.807) is 23.1 Å². The molecule has 0 aromatic heterocycles. The molecule has 1 aliphatic heterocycles. The fourth-order valence-electron chi connectivity index (χ4n) is 3.02. The van der Waals surface area contributed by atoms with Crippen LogP contribution >= 0.6 is 11.8 Å². The molecule has 1 atom stereocenters. The quantitative estimate of drug-likeness (QED) is 0.749. The Balaban J connectivity index is 1.63. The second kappa shape index (κ2) is 8.52. The first-order chi connectivity index (χ1) is 12.9. The summed E-state index contributed by atoms with van der Waals surface area (Å²) in [6.07, 6.45) is 0.127. The fraction of sp³-hybridized carbons (Fsp3) is 0.300. The first-order valence-corrected chi connectivity index (χ1v) is 9.48. The van der Waals surface area contributed by atoms with Crippen molar-refractivity contribution in [1.29, 1.82) is 0 Å². The Morgan fingerprint density at radius 2 is 1.93 bits per heavy atom. The number of hydrogen-bond acceptors (Lipinski definition) is 3. The smallest absolute Gasteiger partial charge is 0.288 e. The fourth-order valence-corrected chi connectivity index (χ4v) is 3.61. The van der Waals surface area contributed by atoms with E-state index in [1.807, 2.05) is 31.2 Å². The summed E-state index contributed by atoms with van der Waals surface area (Å²) in [4.78, 5) is 26.8. The Morgan fingerprint density at radius 3 is 2.63 bits per heavy atom. The molecule has 1 N–H and O–H groups in total. The highest BCUT2D eigenvalue weighted by Crippen LogP contribution is 2.32. The van der Waals surface area contributed by atoms with Crippen LogP contribution in [0.3, 0.4) is 0 Å². The monoisotopic (exact) mass is 390 g/mol. The largest absolute Gasteiger partial charge is 0.338 e. The molecule has 1 fully saturated rings. The molecule has 2 amide bonds. The molecule has 4 nitrogen and oxygen atoms in total. The van der Waals surface area contributed by atoms with E-state index in [9.17, 15) is 18.4 Å². The number of aryl methyl sites for hydroxylation is 1. The molecule has 2 aromatic carbocycles. The van der Waals surface area contributed by atoms with Crippen LogP contribution in [0.15, 0.2) is 53.4 Å². The third-order valence-corrected chi connectivity index (χ3v) is 5.23. The van der Waals surface area contributed by atoms with Crippen LogP contribution in [0.1, 0.15) is 17.5 Å². The first-order valence-electron chi connectivity index (χ1n) is 8.60. The maximum absolute atomic E-state index is 12.7. The van der Waals surface area contributed by atoms with Gasteiger partial charge in [0.15, 0.2) is 0 Å². The number of anilines is 1. The zero-order valence-corrected chi connectivity index (χ0v) is 15.6. The lowest BCUT2D eigenvalue weighted by Crippen LogP contribution is -2.28.